The fraction of sp³-hybridized carbons (Fsp3) is 0.471. The van der Waals surface area contributed by atoms with Crippen LogP contribution in [0.15, 0.2) is 64.5 Å². The molecule has 0 bridgehead atoms. The number of carbonyl (C=O) groups excluding carboxylic acids is 2. The van der Waals surface area contributed by atoms with E-state index in [9.17, 15) is 14.4 Å². The van der Waals surface area contributed by atoms with Crippen LogP contribution in [0.5, 0.6) is 5.75 Å². The Morgan fingerprint density at radius 3 is 2.48 bits per heavy atom. The van der Waals surface area contributed by atoms with Gasteiger partial charge in [0.15, 0.2) is 11.8 Å². The number of thioether (sulfide) groups is 1. The third kappa shape index (κ3) is 7.02. The van der Waals surface area contributed by atoms with Gasteiger partial charge in [-0.25, -0.2) is 9.78 Å². The molecule has 9 nitrogen and oxygen atoms in total. The van der Waals surface area contributed by atoms with Crippen molar-refractivity contribution in [2.75, 3.05) is 32.8 Å². The number of rotatable bonds is 10. The molecule has 10 heteroatoms. The molecule has 3 aliphatic rings. The zero-order chi connectivity index (χ0) is 30.5. The van der Waals surface area contributed by atoms with Gasteiger partial charge in [-0.05, 0) is 49.6 Å². The molecule has 3 heterocycles. The summed E-state index contributed by atoms with van der Waals surface area (Å²) >= 11 is 1.74. The summed E-state index contributed by atoms with van der Waals surface area (Å²) < 4.78 is 12.1. The Morgan fingerprint density at radius 2 is 1.75 bits per heavy atom. The molecule has 1 saturated heterocycles. The average Bonchev–Trinajstić information content (AvgIpc) is 3.03. The normalized spacial score (nSPS) is 17.5. The van der Waals surface area contributed by atoms with Gasteiger partial charge in [0.1, 0.15) is 5.75 Å². The van der Waals surface area contributed by atoms with Crippen molar-refractivity contribution in [1.29, 1.82) is 0 Å². The summed E-state index contributed by atoms with van der Waals surface area (Å²) in [5.41, 5.74) is 3.36. The predicted octanol–water partition coefficient (Wildman–Crippen LogP) is 4.62. The number of aromatic nitrogens is 2. The first kappa shape index (κ1) is 30.4. The summed E-state index contributed by atoms with van der Waals surface area (Å²) in [6.45, 7) is 4.99. The molecule has 0 atom stereocenters. The highest BCUT2D eigenvalue weighted by Crippen LogP contribution is 2.34. The molecule has 1 saturated carbocycles. The first-order chi connectivity index (χ1) is 21.5. The fourth-order valence-electron chi connectivity index (χ4n) is 6.27. The highest BCUT2D eigenvalue weighted by atomic mass is 32.2. The van der Waals surface area contributed by atoms with Crippen LogP contribution in [-0.2, 0) is 33.8 Å². The Bertz CT molecular complexity index is 1520. The van der Waals surface area contributed by atoms with Crippen molar-refractivity contribution in [2.24, 2.45) is 5.92 Å². The second-order valence-corrected chi connectivity index (χ2v) is 13.1. The van der Waals surface area contributed by atoms with E-state index in [-0.39, 0.29) is 30.0 Å². The van der Waals surface area contributed by atoms with E-state index in [1.54, 1.807) is 23.3 Å². The molecule has 0 spiro atoms. The van der Waals surface area contributed by atoms with Gasteiger partial charge in [-0.15, -0.1) is 0 Å². The SMILES string of the molecule is CCOC(=O)COc1ccc(CN2CC(C(=O)N3CCc4nc(SC5CCCCC5)n(-c5ccccc5)c(=O)c4C3)C2)cc1. The number of nitrogens with zero attached hydrogens (tertiary/aromatic N) is 4. The van der Waals surface area contributed by atoms with Gasteiger partial charge in [0.25, 0.3) is 5.56 Å². The summed E-state index contributed by atoms with van der Waals surface area (Å²) in [6, 6.07) is 17.4. The Kier molecular flexibility index (Phi) is 9.66. The highest BCUT2D eigenvalue weighted by molar-refractivity contribution is 7.99. The molecule has 6 rings (SSSR count). The lowest BCUT2D eigenvalue weighted by Crippen LogP contribution is -2.55. The molecule has 2 aliphatic heterocycles. The molecule has 0 unspecified atom stereocenters. The van der Waals surface area contributed by atoms with Gasteiger partial charge < -0.3 is 14.4 Å². The third-order valence-corrected chi connectivity index (χ3v) is 9.94. The van der Waals surface area contributed by atoms with E-state index in [1.165, 1.54) is 19.3 Å². The minimum absolute atomic E-state index is 0.0538. The molecule has 0 radical (unpaired) electrons. The van der Waals surface area contributed by atoms with Crippen LogP contribution >= 0.6 is 11.8 Å². The molecule has 2 aromatic carbocycles. The second-order valence-electron chi connectivity index (χ2n) is 11.8. The van der Waals surface area contributed by atoms with E-state index >= 15 is 0 Å². The molecule has 44 heavy (non-hydrogen) atoms. The maximum Gasteiger partial charge on any atom is 0.344 e. The number of para-hydroxylation sites is 1. The van der Waals surface area contributed by atoms with Crippen LogP contribution in [0.2, 0.25) is 0 Å². The van der Waals surface area contributed by atoms with E-state index in [0.29, 0.717) is 55.8 Å². The molecule has 2 fully saturated rings. The van der Waals surface area contributed by atoms with Crippen molar-refractivity contribution in [1.82, 2.24) is 19.4 Å². The van der Waals surface area contributed by atoms with Crippen LogP contribution in [0, 0.1) is 5.92 Å². The Hall–Kier alpha value is -3.63. The topological polar surface area (TPSA) is 94.0 Å². The van der Waals surface area contributed by atoms with Crippen molar-refractivity contribution < 1.29 is 19.1 Å². The third-order valence-electron chi connectivity index (χ3n) is 8.65. The van der Waals surface area contributed by atoms with Crippen LogP contribution in [0.4, 0.5) is 0 Å². The monoisotopic (exact) mass is 616 g/mol. The van der Waals surface area contributed by atoms with Gasteiger partial charge in [0.2, 0.25) is 5.91 Å². The van der Waals surface area contributed by atoms with E-state index in [2.05, 4.69) is 4.90 Å². The summed E-state index contributed by atoms with van der Waals surface area (Å²) in [5.74, 6) is 0.265. The predicted molar refractivity (Wildman–Crippen MR) is 169 cm³/mol. The number of esters is 1. The molecule has 0 N–H and O–H groups in total. The smallest absolute Gasteiger partial charge is 0.344 e. The van der Waals surface area contributed by atoms with Crippen LogP contribution in [0.25, 0.3) is 5.69 Å². The summed E-state index contributed by atoms with van der Waals surface area (Å²) in [7, 11) is 0. The number of hydrogen-bond donors (Lipinski definition) is 0. The zero-order valence-electron chi connectivity index (χ0n) is 25.3. The molecular formula is C34H40N4O5S. The minimum Gasteiger partial charge on any atom is -0.482 e. The number of amides is 1. The zero-order valence-corrected chi connectivity index (χ0v) is 26.1. The van der Waals surface area contributed by atoms with Gasteiger partial charge >= 0.3 is 5.97 Å². The molecule has 3 aromatic rings. The maximum atomic E-state index is 14.0. The van der Waals surface area contributed by atoms with E-state index in [4.69, 9.17) is 14.5 Å². The Morgan fingerprint density at radius 1 is 1.00 bits per heavy atom. The van der Waals surface area contributed by atoms with Crippen molar-refractivity contribution in [2.45, 2.75) is 68.9 Å². The average molecular weight is 617 g/mol. The lowest BCUT2D eigenvalue weighted by Gasteiger charge is -2.41. The lowest BCUT2D eigenvalue weighted by molar-refractivity contribution is -0.145. The molecule has 1 aromatic heterocycles. The van der Waals surface area contributed by atoms with E-state index in [1.807, 2.05) is 59.5 Å². The minimum atomic E-state index is -0.387. The summed E-state index contributed by atoms with van der Waals surface area (Å²) in [5, 5.41) is 1.26. The van der Waals surface area contributed by atoms with Gasteiger partial charge in [0.05, 0.1) is 36.0 Å². The highest BCUT2D eigenvalue weighted by Gasteiger charge is 2.37. The number of benzene rings is 2. The van der Waals surface area contributed by atoms with E-state index in [0.717, 1.165) is 41.5 Å². The number of carbonyl (C=O) groups is 2. The van der Waals surface area contributed by atoms with Crippen LogP contribution in [0.3, 0.4) is 0 Å². The number of hydrogen-bond acceptors (Lipinski definition) is 8. The van der Waals surface area contributed by atoms with Crippen LogP contribution in [0.1, 0.15) is 55.8 Å². The summed E-state index contributed by atoms with van der Waals surface area (Å²) in [6.07, 6.45) is 6.66. The second kappa shape index (κ2) is 14.0. The molecule has 1 aliphatic carbocycles. The Labute approximate surface area is 262 Å². The first-order valence-electron chi connectivity index (χ1n) is 15.7. The van der Waals surface area contributed by atoms with Gasteiger partial charge in [-0.2, -0.15) is 0 Å². The Balaban J connectivity index is 1.08. The van der Waals surface area contributed by atoms with Crippen molar-refractivity contribution in [3.8, 4) is 11.4 Å². The lowest BCUT2D eigenvalue weighted by atomic mass is 9.96. The van der Waals surface area contributed by atoms with Gasteiger partial charge in [0, 0.05) is 37.8 Å². The van der Waals surface area contributed by atoms with Crippen LogP contribution < -0.4 is 10.3 Å². The van der Waals surface area contributed by atoms with E-state index < -0.39 is 0 Å². The fourth-order valence-corrected chi connectivity index (χ4v) is 7.59. The van der Waals surface area contributed by atoms with Crippen LogP contribution in [-0.4, -0.2) is 69.3 Å². The molecule has 232 valence electrons. The number of ether oxygens (including phenoxy) is 2. The van der Waals surface area contributed by atoms with Crippen molar-refractivity contribution in [3.63, 3.8) is 0 Å². The quantitative estimate of drug-likeness (QED) is 0.241. The number of likely N-dealkylation sites (tertiary alicyclic amines) is 1. The van der Waals surface area contributed by atoms with Gasteiger partial charge in [-0.3, -0.25) is 19.1 Å². The first-order valence-corrected chi connectivity index (χ1v) is 16.6. The van der Waals surface area contributed by atoms with Crippen molar-refractivity contribution >= 4 is 23.6 Å². The van der Waals surface area contributed by atoms with Crippen molar-refractivity contribution in [3.05, 3.63) is 81.8 Å². The number of fused-ring (bicyclic) bond motifs is 1. The standard InChI is InChI=1S/C34H40N4O5S/c1-2-42-31(39)23-43-27-15-13-24(14-16-27)19-36-20-25(21-36)32(40)37-18-17-30-29(22-37)33(41)38(26-9-5-3-6-10-26)34(35-30)44-28-11-7-4-8-12-28/h3,5-6,9-10,13-16,25,28H,2,4,7-8,11-12,17-23H2,1H3. The maximum absolute atomic E-state index is 14.0. The molecular weight excluding hydrogens is 576 g/mol. The largest absolute Gasteiger partial charge is 0.482 e. The summed E-state index contributed by atoms with van der Waals surface area (Å²) in [4.78, 5) is 48.2. The van der Waals surface area contributed by atoms with Gasteiger partial charge in [-0.1, -0.05) is 61.4 Å². The molecule has 1 amide bonds.